The first kappa shape index (κ1) is 16.9. The van der Waals surface area contributed by atoms with Crippen LogP contribution in [0.4, 0.5) is 4.79 Å². The minimum Gasteiger partial charge on any atom is -0.490 e. The second kappa shape index (κ2) is 6.99. The summed E-state index contributed by atoms with van der Waals surface area (Å²) in [6.07, 6.45) is 0.915. The number of pyridine rings is 1. The van der Waals surface area contributed by atoms with Gasteiger partial charge in [-0.3, -0.25) is 0 Å². The van der Waals surface area contributed by atoms with E-state index < -0.39 is 11.7 Å². The zero-order valence-electron chi connectivity index (χ0n) is 11.9. The van der Waals surface area contributed by atoms with Crippen molar-refractivity contribution in [2.24, 2.45) is 0 Å². The van der Waals surface area contributed by atoms with Crippen molar-refractivity contribution in [3.05, 3.63) is 22.4 Å². The molecule has 0 saturated carbocycles. The number of hydrogen-bond acceptors (Lipinski definition) is 4. The molecule has 1 rings (SSSR count). The number of hydrogen-bond donors (Lipinski definition) is 1. The lowest BCUT2D eigenvalue weighted by molar-refractivity contribution is 0.0494. The molecule has 7 heteroatoms. The van der Waals surface area contributed by atoms with Crippen LogP contribution in [-0.2, 0) is 4.74 Å². The van der Waals surface area contributed by atoms with Gasteiger partial charge in [-0.1, -0.05) is 23.2 Å². The molecule has 0 aliphatic carbocycles. The van der Waals surface area contributed by atoms with E-state index in [0.29, 0.717) is 10.8 Å². The van der Waals surface area contributed by atoms with Crippen molar-refractivity contribution >= 4 is 29.3 Å². The molecular formula is C13H18Cl2N2O3. The van der Waals surface area contributed by atoms with Crippen LogP contribution < -0.4 is 10.1 Å². The number of nitrogens with one attached hydrogen (secondary N) is 1. The molecular weight excluding hydrogens is 303 g/mol. The van der Waals surface area contributed by atoms with Crippen LogP contribution in [0.1, 0.15) is 27.7 Å². The van der Waals surface area contributed by atoms with Crippen molar-refractivity contribution < 1.29 is 14.3 Å². The van der Waals surface area contributed by atoms with Crippen LogP contribution in [-0.4, -0.2) is 29.3 Å². The lowest BCUT2D eigenvalue weighted by atomic mass is 10.2. The van der Waals surface area contributed by atoms with Crippen molar-refractivity contribution in [2.75, 3.05) is 6.61 Å². The highest BCUT2D eigenvalue weighted by Gasteiger charge is 2.18. The molecule has 1 aromatic rings. The molecule has 0 fully saturated rings. The van der Waals surface area contributed by atoms with Gasteiger partial charge in [-0.05, 0) is 27.7 Å². The Kier molecular flexibility index (Phi) is 5.89. The van der Waals surface area contributed by atoms with Crippen LogP contribution in [0.5, 0.6) is 5.75 Å². The fourth-order valence-electron chi connectivity index (χ4n) is 1.27. The first-order chi connectivity index (χ1) is 9.17. The molecule has 0 bridgehead atoms. The molecule has 0 radical (unpaired) electrons. The second-order valence-electron chi connectivity index (χ2n) is 5.30. The van der Waals surface area contributed by atoms with E-state index in [1.807, 2.05) is 0 Å². The van der Waals surface area contributed by atoms with Crippen LogP contribution in [0.3, 0.4) is 0 Å². The van der Waals surface area contributed by atoms with E-state index >= 15 is 0 Å². The molecule has 0 unspecified atom stereocenters. The topological polar surface area (TPSA) is 60.5 Å². The van der Waals surface area contributed by atoms with E-state index in [-0.39, 0.29) is 17.8 Å². The van der Waals surface area contributed by atoms with E-state index in [1.54, 1.807) is 27.7 Å². The summed E-state index contributed by atoms with van der Waals surface area (Å²) in [5, 5.41) is 3.31. The first-order valence-electron chi connectivity index (χ1n) is 6.11. The number of alkyl carbamates (subject to hydrolysis) is 1. The monoisotopic (exact) mass is 320 g/mol. The standard InChI is InChI=1S/C13H18Cl2N2O3/c1-8(17-12(18)20-13(2,3)4)7-19-10-5-11(15)16-6-9(10)14/h5-6,8H,7H2,1-4H3,(H,17,18)/t8-/m0/s1. The lowest BCUT2D eigenvalue weighted by Crippen LogP contribution is -2.40. The molecule has 0 aliphatic heterocycles. The number of halogens is 2. The molecule has 5 nitrogen and oxygen atoms in total. The highest BCUT2D eigenvalue weighted by Crippen LogP contribution is 2.25. The van der Waals surface area contributed by atoms with E-state index in [9.17, 15) is 4.79 Å². The largest absolute Gasteiger partial charge is 0.490 e. The Bertz CT molecular complexity index is 475. The molecule has 1 N–H and O–H groups in total. The molecule has 1 amide bonds. The predicted molar refractivity (Wildman–Crippen MR) is 78.6 cm³/mol. The van der Waals surface area contributed by atoms with Gasteiger partial charge in [-0.25, -0.2) is 9.78 Å². The molecule has 1 heterocycles. The van der Waals surface area contributed by atoms with Crippen LogP contribution in [0.15, 0.2) is 12.3 Å². The predicted octanol–water partition coefficient (Wildman–Crippen LogP) is 3.68. The Morgan fingerprint density at radius 1 is 1.45 bits per heavy atom. The molecule has 0 saturated heterocycles. The highest BCUT2D eigenvalue weighted by molar-refractivity contribution is 6.33. The summed E-state index contributed by atoms with van der Waals surface area (Å²) in [6.45, 7) is 7.42. The normalized spacial score (nSPS) is 12.7. The van der Waals surface area contributed by atoms with Crippen LogP contribution in [0.25, 0.3) is 0 Å². The van der Waals surface area contributed by atoms with Gasteiger partial charge >= 0.3 is 6.09 Å². The van der Waals surface area contributed by atoms with Crippen molar-refractivity contribution in [1.82, 2.24) is 10.3 Å². The number of amides is 1. The summed E-state index contributed by atoms with van der Waals surface area (Å²) in [5.74, 6) is 0.421. The Morgan fingerprint density at radius 2 is 2.10 bits per heavy atom. The number of aromatic nitrogens is 1. The lowest BCUT2D eigenvalue weighted by Gasteiger charge is -2.22. The number of ether oxygens (including phenoxy) is 2. The third kappa shape index (κ3) is 6.30. The zero-order chi connectivity index (χ0) is 15.3. The average molecular weight is 321 g/mol. The van der Waals surface area contributed by atoms with Gasteiger partial charge in [0.2, 0.25) is 0 Å². The van der Waals surface area contributed by atoms with Gasteiger partial charge in [0, 0.05) is 6.07 Å². The molecule has 0 aromatic carbocycles. The maximum atomic E-state index is 11.6. The quantitative estimate of drug-likeness (QED) is 0.860. The molecule has 0 aliphatic rings. The van der Waals surface area contributed by atoms with Crippen molar-refractivity contribution in [2.45, 2.75) is 39.3 Å². The fraction of sp³-hybridized carbons (Fsp3) is 0.538. The minimum atomic E-state index is -0.535. The number of rotatable bonds is 4. The zero-order valence-corrected chi connectivity index (χ0v) is 13.4. The first-order valence-corrected chi connectivity index (χ1v) is 6.86. The van der Waals surface area contributed by atoms with E-state index in [0.717, 1.165) is 0 Å². The molecule has 1 aromatic heterocycles. The van der Waals surface area contributed by atoms with Crippen molar-refractivity contribution in [1.29, 1.82) is 0 Å². The van der Waals surface area contributed by atoms with Crippen LogP contribution >= 0.6 is 23.2 Å². The van der Waals surface area contributed by atoms with Gasteiger partial charge in [0.1, 0.15) is 28.1 Å². The average Bonchev–Trinajstić information content (AvgIpc) is 2.27. The molecule has 0 spiro atoms. The van der Waals surface area contributed by atoms with E-state index in [2.05, 4.69) is 10.3 Å². The summed E-state index contributed by atoms with van der Waals surface area (Å²) in [7, 11) is 0. The Balaban J connectivity index is 2.45. The SMILES string of the molecule is C[C@@H](COc1cc(Cl)ncc1Cl)NC(=O)OC(C)(C)C. The van der Waals surface area contributed by atoms with Gasteiger partial charge in [-0.15, -0.1) is 0 Å². The molecule has 112 valence electrons. The fourth-order valence-corrected chi connectivity index (χ4v) is 1.58. The smallest absolute Gasteiger partial charge is 0.407 e. The number of nitrogens with zero attached hydrogens (tertiary/aromatic N) is 1. The summed E-state index contributed by atoms with van der Waals surface area (Å²) in [5.41, 5.74) is -0.535. The highest BCUT2D eigenvalue weighted by atomic mass is 35.5. The van der Waals surface area contributed by atoms with Gasteiger partial charge in [-0.2, -0.15) is 0 Å². The van der Waals surface area contributed by atoms with Crippen molar-refractivity contribution in [3.63, 3.8) is 0 Å². The maximum Gasteiger partial charge on any atom is 0.407 e. The summed E-state index contributed by atoms with van der Waals surface area (Å²) >= 11 is 11.7. The minimum absolute atomic E-state index is 0.235. The van der Waals surface area contributed by atoms with Crippen LogP contribution in [0, 0.1) is 0 Å². The molecule has 20 heavy (non-hydrogen) atoms. The summed E-state index contributed by atoms with van der Waals surface area (Å²) < 4.78 is 10.6. The van der Waals surface area contributed by atoms with Gasteiger partial charge in [0.25, 0.3) is 0 Å². The van der Waals surface area contributed by atoms with Gasteiger partial charge in [0.05, 0.1) is 12.2 Å². The van der Waals surface area contributed by atoms with E-state index in [1.165, 1.54) is 12.3 Å². The maximum absolute atomic E-state index is 11.6. The Labute approximate surface area is 128 Å². The van der Waals surface area contributed by atoms with Crippen LogP contribution in [0.2, 0.25) is 10.2 Å². The number of carbonyl (C=O) groups excluding carboxylic acids is 1. The Hall–Kier alpha value is -1.20. The van der Waals surface area contributed by atoms with Crippen molar-refractivity contribution in [3.8, 4) is 5.75 Å². The van der Waals surface area contributed by atoms with E-state index in [4.69, 9.17) is 32.7 Å². The number of carbonyl (C=O) groups is 1. The third-order valence-electron chi connectivity index (χ3n) is 2.04. The summed E-state index contributed by atoms with van der Waals surface area (Å²) in [6, 6.07) is 1.28. The Morgan fingerprint density at radius 3 is 2.70 bits per heavy atom. The molecule has 1 atom stereocenters. The third-order valence-corrected chi connectivity index (χ3v) is 2.53. The second-order valence-corrected chi connectivity index (χ2v) is 6.09. The van der Waals surface area contributed by atoms with Gasteiger partial charge in [0.15, 0.2) is 0 Å². The summed E-state index contributed by atoms with van der Waals surface area (Å²) in [4.78, 5) is 15.4. The van der Waals surface area contributed by atoms with Gasteiger partial charge < -0.3 is 14.8 Å².